The lowest BCUT2D eigenvalue weighted by Gasteiger charge is -2.57. The normalized spacial score (nSPS) is 34.6. The van der Waals surface area contributed by atoms with E-state index < -0.39 is 0 Å². The summed E-state index contributed by atoms with van der Waals surface area (Å²) in [5.74, 6) is 3.60. The third-order valence-corrected chi connectivity index (χ3v) is 7.87. The Kier molecular flexibility index (Phi) is 4.74. The zero-order valence-corrected chi connectivity index (χ0v) is 17.3. The molecule has 5 fully saturated rings. The van der Waals surface area contributed by atoms with Crippen LogP contribution in [0.1, 0.15) is 51.0 Å². The molecule has 1 N–H and O–H groups in total. The van der Waals surface area contributed by atoms with Gasteiger partial charge in [0.15, 0.2) is 0 Å². The maximum Gasteiger partial charge on any atom is 0.237 e. The average molecular weight is 394 g/mol. The number of anilines is 1. The number of aromatic nitrogens is 1. The van der Waals surface area contributed by atoms with Crippen molar-refractivity contribution in [2.24, 2.45) is 17.8 Å². The van der Waals surface area contributed by atoms with Crippen LogP contribution in [0.3, 0.4) is 0 Å². The summed E-state index contributed by atoms with van der Waals surface area (Å²) in [5.41, 5.74) is 0.726. The van der Waals surface area contributed by atoms with Gasteiger partial charge in [-0.2, -0.15) is 5.26 Å². The maximum absolute atomic E-state index is 13.1. The van der Waals surface area contributed by atoms with E-state index in [0.29, 0.717) is 5.56 Å². The molecule has 1 unspecified atom stereocenters. The summed E-state index contributed by atoms with van der Waals surface area (Å²) < 4.78 is 0. The molecule has 0 aromatic carbocycles. The third kappa shape index (κ3) is 3.61. The summed E-state index contributed by atoms with van der Waals surface area (Å²) in [4.78, 5) is 22.1. The number of carbonyl (C=O) groups excluding carboxylic acids is 1. The van der Waals surface area contributed by atoms with Crippen LogP contribution >= 0.6 is 0 Å². The smallest absolute Gasteiger partial charge is 0.237 e. The average Bonchev–Trinajstić information content (AvgIpc) is 2.72. The van der Waals surface area contributed by atoms with Crippen molar-refractivity contribution in [1.29, 1.82) is 5.26 Å². The molecule has 5 aliphatic rings. The second-order valence-corrected chi connectivity index (χ2v) is 9.90. The number of hydrogen-bond acceptors (Lipinski definition) is 5. The van der Waals surface area contributed by atoms with E-state index in [0.717, 1.165) is 49.8 Å². The summed E-state index contributed by atoms with van der Waals surface area (Å²) in [6, 6.07) is 5.67. The highest BCUT2D eigenvalue weighted by Crippen LogP contribution is 2.55. The van der Waals surface area contributed by atoms with Crippen LogP contribution in [-0.4, -0.2) is 53.6 Å². The number of piperazine rings is 1. The highest BCUT2D eigenvalue weighted by Gasteiger charge is 2.51. The van der Waals surface area contributed by atoms with Crippen LogP contribution in [0.25, 0.3) is 0 Å². The quantitative estimate of drug-likeness (QED) is 0.851. The molecule has 1 saturated heterocycles. The summed E-state index contributed by atoms with van der Waals surface area (Å²) in [6.45, 7) is 5.40. The molecule has 29 heavy (non-hydrogen) atoms. The van der Waals surface area contributed by atoms with E-state index >= 15 is 0 Å². The van der Waals surface area contributed by atoms with E-state index in [-0.39, 0.29) is 17.5 Å². The number of hydrogen-bond donors (Lipinski definition) is 1. The first kappa shape index (κ1) is 18.9. The lowest BCUT2D eigenvalue weighted by molar-refractivity contribution is -0.131. The molecule has 1 aromatic rings. The van der Waals surface area contributed by atoms with E-state index in [2.05, 4.69) is 33.1 Å². The Morgan fingerprint density at radius 2 is 1.79 bits per heavy atom. The summed E-state index contributed by atoms with van der Waals surface area (Å²) in [5, 5.41) is 12.6. The number of nitrogens with one attached hydrogen (secondary N) is 1. The molecule has 4 aliphatic carbocycles. The van der Waals surface area contributed by atoms with E-state index in [4.69, 9.17) is 5.26 Å². The first-order valence-electron chi connectivity index (χ1n) is 11.2. The van der Waals surface area contributed by atoms with Gasteiger partial charge in [0.1, 0.15) is 5.82 Å². The van der Waals surface area contributed by atoms with Crippen molar-refractivity contribution < 1.29 is 4.79 Å². The van der Waals surface area contributed by atoms with E-state index in [9.17, 15) is 4.79 Å². The molecule has 154 valence electrons. The number of carbonyl (C=O) groups is 1. The molecule has 4 saturated carbocycles. The Hall–Kier alpha value is -2.13. The van der Waals surface area contributed by atoms with E-state index in [1.165, 1.54) is 38.5 Å². The fourth-order valence-electron chi connectivity index (χ4n) is 6.79. The van der Waals surface area contributed by atoms with Gasteiger partial charge >= 0.3 is 0 Å². The van der Waals surface area contributed by atoms with Gasteiger partial charge in [-0.05, 0) is 75.3 Å². The second kappa shape index (κ2) is 7.28. The molecule has 1 aliphatic heterocycles. The van der Waals surface area contributed by atoms with Crippen LogP contribution in [-0.2, 0) is 4.79 Å². The van der Waals surface area contributed by atoms with E-state index in [1.54, 1.807) is 12.3 Å². The molecule has 6 rings (SSSR count). The Morgan fingerprint density at radius 3 is 2.38 bits per heavy atom. The van der Waals surface area contributed by atoms with Crippen molar-refractivity contribution in [3.63, 3.8) is 0 Å². The Balaban J connectivity index is 1.18. The molecule has 2 heterocycles. The predicted molar refractivity (Wildman–Crippen MR) is 111 cm³/mol. The minimum atomic E-state index is -0.0939. The summed E-state index contributed by atoms with van der Waals surface area (Å²) in [6.07, 6.45) is 9.49. The molecular formula is C23H31N5O. The molecule has 0 spiro atoms. The lowest BCUT2D eigenvalue weighted by Crippen LogP contribution is -2.63. The van der Waals surface area contributed by atoms with Crippen molar-refractivity contribution >= 4 is 11.7 Å². The first-order chi connectivity index (χ1) is 14.0. The second-order valence-electron chi connectivity index (χ2n) is 9.90. The first-order valence-corrected chi connectivity index (χ1v) is 11.2. The number of nitrogens with zero attached hydrogens (tertiary/aromatic N) is 4. The van der Waals surface area contributed by atoms with Gasteiger partial charge in [0.2, 0.25) is 5.91 Å². The highest BCUT2D eigenvalue weighted by atomic mass is 16.2. The van der Waals surface area contributed by atoms with Crippen molar-refractivity contribution in [2.45, 2.75) is 57.0 Å². The molecule has 6 nitrogen and oxygen atoms in total. The SMILES string of the molecule is CC(C(=O)NC12CC3CC(CC(C3)C1)C2)N1CCN(c2cc(C#N)ccn2)CC1. The van der Waals surface area contributed by atoms with Crippen molar-refractivity contribution in [1.82, 2.24) is 15.2 Å². The maximum atomic E-state index is 13.1. The standard InChI is InChI=1S/C23H31N5O/c1-16(22(29)26-23-12-18-8-19(13-23)10-20(9-18)14-23)27-4-6-28(7-5-27)21-11-17(15-24)2-3-25-21/h2-3,11,16,18-20H,4-10,12-14H2,1H3,(H,26,29). The van der Waals surface area contributed by atoms with E-state index in [1.807, 2.05) is 6.07 Å². The Bertz CT molecular complexity index is 788. The van der Waals surface area contributed by atoms with Crippen molar-refractivity contribution in [3.05, 3.63) is 23.9 Å². The van der Waals surface area contributed by atoms with Gasteiger partial charge in [0.25, 0.3) is 0 Å². The molecule has 1 aromatic heterocycles. The Morgan fingerprint density at radius 1 is 1.17 bits per heavy atom. The van der Waals surface area contributed by atoms with Crippen molar-refractivity contribution in [3.8, 4) is 6.07 Å². The fraction of sp³-hybridized carbons (Fsp3) is 0.696. The zero-order chi connectivity index (χ0) is 20.0. The highest BCUT2D eigenvalue weighted by molar-refractivity contribution is 5.82. The number of amides is 1. The van der Waals surface area contributed by atoms with Gasteiger partial charge in [0, 0.05) is 37.9 Å². The minimum absolute atomic E-state index is 0.0869. The Labute approximate surface area is 173 Å². The molecule has 0 radical (unpaired) electrons. The monoisotopic (exact) mass is 393 g/mol. The lowest BCUT2D eigenvalue weighted by atomic mass is 9.53. The zero-order valence-electron chi connectivity index (χ0n) is 17.3. The van der Waals surface area contributed by atoms with Crippen LogP contribution in [0, 0.1) is 29.1 Å². The molecular weight excluding hydrogens is 362 g/mol. The summed E-state index contributed by atoms with van der Waals surface area (Å²) >= 11 is 0. The van der Waals surface area contributed by atoms with Gasteiger partial charge in [0.05, 0.1) is 17.7 Å². The molecule has 6 heteroatoms. The molecule has 1 amide bonds. The van der Waals surface area contributed by atoms with Crippen LogP contribution in [0.4, 0.5) is 5.82 Å². The fourth-order valence-corrected chi connectivity index (χ4v) is 6.79. The van der Waals surface area contributed by atoms with Crippen LogP contribution in [0.15, 0.2) is 18.3 Å². The molecule has 1 atom stereocenters. The van der Waals surface area contributed by atoms with Gasteiger partial charge in [-0.15, -0.1) is 0 Å². The topological polar surface area (TPSA) is 72.3 Å². The largest absolute Gasteiger partial charge is 0.354 e. The van der Waals surface area contributed by atoms with Crippen molar-refractivity contribution in [2.75, 3.05) is 31.1 Å². The number of nitriles is 1. The van der Waals surface area contributed by atoms with Gasteiger partial charge in [-0.1, -0.05) is 0 Å². The van der Waals surface area contributed by atoms with Gasteiger partial charge in [-0.3, -0.25) is 9.69 Å². The van der Waals surface area contributed by atoms with Crippen LogP contribution in [0.5, 0.6) is 0 Å². The minimum Gasteiger partial charge on any atom is -0.354 e. The predicted octanol–water partition coefficient (Wildman–Crippen LogP) is 2.55. The number of pyridine rings is 1. The van der Waals surface area contributed by atoms with Gasteiger partial charge < -0.3 is 10.2 Å². The number of rotatable bonds is 4. The molecule has 4 bridgehead atoms. The van der Waals surface area contributed by atoms with Crippen LogP contribution < -0.4 is 10.2 Å². The summed E-state index contributed by atoms with van der Waals surface area (Å²) in [7, 11) is 0. The third-order valence-electron chi connectivity index (χ3n) is 7.87. The van der Waals surface area contributed by atoms with Crippen LogP contribution in [0.2, 0.25) is 0 Å². The van der Waals surface area contributed by atoms with Gasteiger partial charge in [-0.25, -0.2) is 4.98 Å².